The van der Waals surface area contributed by atoms with Crippen molar-refractivity contribution < 1.29 is 32.6 Å². The van der Waals surface area contributed by atoms with E-state index in [0.29, 0.717) is 51.2 Å². The smallest absolute Gasteiger partial charge is 0.317 e. The Morgan fingerprint density at radius 2 is 1.61 bits per heavy atom. The molecule has 0 saturated carbocycles. The Labute approximate surface area is 239 Å². The first kappa shape index (κ1) is 30.3. The minimum absolute atomic E-state index is 0.115. The third-order valence-corrected chi connectivity index (χ3v) is 9.30. The number of phenolic OH excluding ortho intramolecular Hbond substituents is 1. The van der Waals surface area contributed by atoms with E-state index in [4.69, 9.17) is 4.74 Å². The van der Waals surface area contributed by atoms with Crippen LogP contribution < -0.4 is 15.4 Å². The average molecular weight is 586 g/mol. The topological polar surface area (TPSA) is 128 Å². The van der Waals surface area contributed by atoms with Gasteiger partial charge in [0.05, 0.1) is 10.1 Å². The molecule has 1 saturated heterocycles. The summed E-state index contributed by atoms with van der Waals surface area (Å²) in [6.07, 6.45) is 0.675. The number of halogens is 1. The maximum Gasteiger partial charge on any atom is 0.317 e. The van der Waals surface area contributed by atoms with Gasteiger partial charge in [0.1, 0.15) is 30.0 Å². The number of rotatable bonds is 12. The van der Waals surface area contributed by atoms with Gasteiger partial charge in [0.2, 0.25) is 0 Å². The number of piperidine rings is 1. The summed E-state index contributed by atoms with van der Waals surface area (Å²) in [5.41, 5.74) is 1.75. The summed E-state index contributed by atoms with van der Waals surface area (Å²) in [7, 11) is -3.53. The van der Waals surface area contributed by atoms with Crippen LogP contribution in [0.1, 0.15) is 24.0 Å². The van der Waals surface area contributed by atoms with Crippen LogP contribution in [0.15, 0.2) is 77.7 Å². The van der Waals surface area contributed by atoms with Crippen LogP contribution in [0.2, 0.25) is 0 Å². The third-order valence-electron chi connectivity index (χ3n) is 7.03. The molecule has 0 unspecified atom stereocenters. The molecular formula is C30H36FN3O6S. The molecule has 0 radical (unpaired) electrons. The van der Waals surface area contributed by atoms with Gasteiger partial charge in [-0.2, -0.15) is 0 Å². The van der Waals surface area contributed by atoms with Crippen molar-refractivity contribution in [2.75, 3.05) is 32.8 Å². The molecule has 0 aromatic heterocycles. The van der Waals surface area contributed by atoms with E-state index >= 15 is 0 Å². The standard InChI is InChI=1S/C30H36FN3O6S/c31-24-5-1-23(2-6-24)19-33-30(37)34-17-14-29(15-18-34)41(38,39)28-11-3-22(4-12-28)13-16-32-20-26(36)21-40-27-9-7-25(35)8-10-27/h1-12,26,29,32,35-36H,13-21H2,(H,33,37)/t26-/m0/s1. The first-order chi connectivity index (χ1) is 19.7. The van der Waals surface area contributed by atoms with E-state index in [1.165, 1.54) is 24.3 Å². The van der Waals surface area contributed by atoms with Gasteiger partial charge < -0.3 is 30.5 Å². The van der Waals surface area contributed by atoms with Crippen molar-refractivity contribution in [3.63, 3.8) is 0 Å². The summed E-state index contributed by atoms with van der Waals surface area (Å²) in [6, 6.07) is 18.8. The van der Waals surface area contributed by atoms with Crippen molar-refractivity contribution in [2.45, 2.75) is 42.1 Å². The van der Waals surface area contributed by atoms with Crippen LogP contribution in [-0.4, -0.2) is 73.7 Å². The zero-order valence-corrected chi connectivity index (χ0v) is 23.5. The number of aromatic hydroxyl groups is 1. The molecule has 1 aliphatic heterocycles. The van der Waals surface area contributed by atoms with Gasteiger partial charge in [-0.1, -0.05) is 24.3 Å². The van der Waals surface area contributed by atoms with E-state index in [1.807, 2.05) is 0 Å². The number of nitrogens with zero attached hydrogens (tertiary/aromatic N) is 1. The average Bonchev–Trinajstić information content (AvgIpc) is 2.99. The minimum Gasteiger partial charge on any atom is -0.508 e. The summed E-state index contributed by atoms with van der Waals surface area (Å²) in [6.45, 7) is 2.01. The number of sulfone groups is 1. The number of carbonyl (C=O) groups excluding carboxylic acids is 1. The Hall–Kier alpha value is -3.67. The lowest BCUT2D eigenvalue weighted by molar-refractivity contribution is 0.106. The van der Waals surface area contributed by atoms with E-state index in [1.54, 1.807) is 53.4 Å². The van der Waals surface area contributed by atoms with Crippen LogP contribution in [-0.2, 0) is 22.8 Å². The molecule has 11 heteroatoms. The fraction of sp³-hybridized carbons (Fsp3) is 0.367. The summed E-state index contributed by atoms with van der Waals surface area (Å²) >= 11 is 0. The molecule has 4 rings (SSSR count). The zero-order chi connectivity index (χ0) is 29.2. The van der Waals surface area contributed by atoms with Crippen LogP contribution in [0.5, 0.6) is 11.5 Å². The van der Waals surface area contributed by atoms with Gasteiger partial charge >= 0.3 is 6.03 Å². The molecule has 0 bridgehead atoms. The number of likely N-dealkylation sites (tertiary alicyclic amines) is 1. The lowest BCUT2D eigenvalue weighted by Gasteiger charge is -2.31. The fourth-order valence-electron chi connectivity index (χ4n) is 4.59. The first-order valence-electron chi connectivity index (χ1n) is 13.6. The fourth-order valence-corrected chi connectivity index (χ4v) is 6.33. The Balaban J connectivity index is 1.16. The maximum atomic E-state index is 13.2. The summed E-state index contributed by atoms with van der Waals surface area (Å²) < 4.78 is 45.0. The number of nitrogens with one attached hydrogen (secondary N) is 2. The van der Waals surface area contributed by atoms with Gasteiger partial charge in [-0.25, -0.2) is 17.6 Å². The molecule has 1 aliphatic rings. The molecule has 41 heavy (non-hydrogen) atoms. The summed E-state index contributed by atoms with van der Waals surface area (Å²) in [5, 5.41) is 24.8. The van der Waals surface area contributed by atoms with Crippen molar-refractivity contribution in [3.05, 3.63) is 89.7 Å². The van der Waals surface area contributed by atoms with Gasteiger partial charge in [0, 0.05) is 26.2 Å². The highest BCUT2D eigenvalue weighted by Crippen LogP contribution is 2.25. The lowest BCUT2D eigenvalue weighted by atomic mass is 10.1. The van der Waals surface area contributed by atoms with Gasteiger partial charge in [-0.05, 0) is 85.5 Å². The number of aliphatic hydroxyl groups excluding tert-OH is 1. The van der Waals surface area contributed by atoms with Crippen molar-refractivity contribution >= 4 is 15.9 Å². The predicted octanol–water partition coefficient (Wildman–Crippen LogP) is 3.25. The van der Waals surface area contributed by atoms with Crippen molar-refractivity contribution in [1.82, 2.24) is 15.5 Å². The van der Waals surface area contributed by atoms with Gasteiger partial charge in [0.25, 0.3) is 0 Å². The summed E-state index contributed by atoms with van der Waals surface area (Å²) in [4.78, 5) is 14.4. The second-order valence-corrected chi connectivity index (χ2v) is 12.3. The number of amides is 2. The first-order valence-corrected chi connectivity index (χ1v) is 15.2. The SMILES string of the molecule is O=C(NCc1ccc(F)cc1)N1CCC(S(=O)(=O)c2ccc(CCNC[C@H](O)COc3ccc(O)cc3)cc2)CC1. The molecule has 2 amide bonds. The predicted molar refractivity (Wildman–Crippen MR) is 153 cm³/mol. The molecule has 3 aromatic carbocycles. The molecule has 0 spiro atoms. The molecule has 9 nitrogen and oxygen atoms in total. The molecule has 3 aromatic rings. The maximum absolute atomic E-state index is 13.2. The van der Waals surface area contributed by atoms with E-state index in [9.17, 15) is 27.8 Å². The number of carbonyl (C=O) groups is 1. The Bertz CT molecular complexity index is 1360. The Kier molecular flexibility index (Phi) is 10.6. The van der Waals surface area contributed by atoms with E-state index in [0.717, 1.165) is 11.1 Å². The van der Waals surface area contributed by atoms with Crippen LogP contribution in [0.4, 0.5) is 9.18 Å². The monoisotopic (exact) mass is 585 g/mol. The number of urea groups is 1. The molecule has 1 heterocycles. The number of aliphatic hydroxyl groups is 1. The highest BCUT2D eigenvalue weighted by molar-refractivity contribution is 7.92. The van der Waals surface area contributed by atoms with Crippen molar-refractivity contribution in [3.8, 4) is 11.5 Å². The third kappa shape index (κ3) is 8.91. The lowest BCUT2D eigenvalue weighted by Crippen LogP contribution is -2.46. The minimum atomic E-state index is -3.53. The zero-order valence-electron chi connectivity index (χ0n) is 22.7. The van der Waals surface area contributed by atoms with Gasteiger partial charge in [0.15, 0.2) is 9.84 Å². The second kappa shape index (κ2) is 14.3. The van der Waals surface area contributed by atoms with E-state index < -0.39 is 21.2 Å². The molecule has 1 fully saturated rings. The van der Waals surface area contributed by atoms with Crippen molar-refractivity contribution in [1.29, 1.82) is 0 Å². The highest BCUT2D eigenvalue weighted by Gasteiger charge is 2.32. The van der Waals surface area contributed by atoms with Crippen molar-refractivity contribution in [2.24, 2.45) is 0 Å². The number of benzene rings is 3. The van der Waals surface area contributed by atoms with Gasteiger partial charge in [-0.3, -0.25) is 0 Å². The summed E-state index contributed by atoms with van der Waals surface area (Å²) in [5.74, 6) is 0.372. The van der Waals surface area contributed by atoms with Gasteiger partial charge in [-0.15, -0.1) is 0 Å². The highest BCUT2D eigenvalue weighted by atomic mass is 32.2. The number of hydrogen-bond acceptors (Lipinski definition) is 7. The van der Waals surface area contributed by atoms with E-state index in [-0.39, 0.29) is 35.6 Å². The van der Waals surface area contributed by atoms with Crippen LogP contribution >= 0.6 is 0 Å². The molecular weight excluding hydrogens is 549 g/mol. The molecule has 0 aliphatic carbocycles. The van der Waals surface area contributed by atoms with E-state index in [2.05, 4.69) is 10.6 Å². The number of hydrogen-bond donors (Lipinski definition) is 4. The number of ether oxygens (including phenoxy) is 1. The second-order valence-electron chi connectivity index (χ2n) is 10.1. The number of phenols is 1. The normalized spacial score (nSPS) is 14.9. The largest absolute Gasteiger partial charge is 0.508 e. The van der Waals surface area contributed by atoms with Crippen LogP contribution in [0.25, 0.3) is 0 Å². The van der Waals surface area contributed by atoms with Crippen LogP contribution in [0.3, 0.4) is 0 Å². The van der Waals surface area contributed by atoms with Crippen LogP contribution in [0, 0.1) is 5.82 Å². The molecule has 220 valence electrons. The molecule has 1 atom stereocenters. The quantitative estimate of drug-likeness (QED) is 0.240. The Morgan fingerprint density at radius 3 is 2.27 bits per heavy atom. The Morgan fingerprint density at radius 1 is 0.976 bits per heavy atom. The molecule has 4 N–H and O–H groups in total.